The minimum Gasteiger partial charge on any atom is -0.497 e. The zero-order valence-corrected chi connectivity index (χ0v) is 17.1. The van der Waals surface area contributed by atoms with Crippen LogP contribution in [0.25, 0.3) is 0 Å². The number of carbonyl (C=O) groups is 1. The fourth-order valence-corrected chi connectivity index (χ4v) is 5.79. The molecule has 2 heterocycles. The van der Waals surface area contributed by atoms with Gasteiger partial charge in [-0.25, -0.2) is 8.42 Å². The van der Waals surface area contributed by atoms with Crippen molar-refractivity contribution in [2.24, 2.45) is 5.92 Å². The molecule has 27 heavy (non-hydrogen) atoms. The molecule has 1 amide bonds. The molecule has 1 aromatic rings. The molecule has 0 N–H and O–H groups in total. The van der Waals surface area contributed by atoms with Crippen molar-refractivity contribution < 1.29 is 17.9 Å². The smallest absolute Gasteiger partial charge is 0.236 e. The third-order valence-electron chi connectivity index (χ3n) is 5.62. The standard InChI is InChI=1S/C20H30N2O4S/c1-16-4-3-10-21(12-16)20(23)14-22(18-9-11-27(24,25)15-18)13-17-5-7-19(26-2)8-6-17/h5-8,16,18H,3-4,9-15H2,1-2H3. The Hall–Kier alpha value is -1.60. The van der Waals surface area contributed by atoms with Crippen molar-refractivity contribution in [2.75, 3.05) is 38.2 Å². The predicted octanol–water partition coefficient (Wildman–Crippen LogP) is 1.94. The van der Waals surface area contributed by atoms with E-state index in [1.807, 2.05) is 34.1 Å². The number of rotatable bonds is 6. The molecule has 6 nitrogen and oxygen atoms in total. The van der Waals surface area contributed by atoms with E-state index in [2.05, 4.69) is 6.92 Å². The zero-order chi connectivity index (χ0) is 19.4. The van der Waals surface area contributed by atoms with Gasteiger partial charge in [-0.1, -0.05) is 19.1 Å². The molecule has 2 unspecified atom stereocenters. The second kappa shape index (κ2) is 8.61. The van der Waals surface area contributed by atoms with Gasteiger partial charge in [0.15, 0.2) is 9.84 Å². The van der Waals surface area contributed by atoms with Gasteiger partial charge >= 0.3 is 0 Å². The number of sulfone groups is 1. The lowest BCUT2D eigenvalue weighted by molar-refractivity contribution is -0.134. The Balaban J connectivity index is 1.71. The number of amides is 1. The van der Waals surface area contributed by atoms with Gasteiger partial charge in [0, 0.05) is 25.7 Å². The van der Waals surface area contributed by atoms with E-state index in [9.17, 15) is 13.2 Å². The van der Waals surface area contributed by atoms with Gasteiger partial charge in [0.05, 0.1) is 25.2 Å². The van der Waals surface area contributed by atoms with Gasteiger partial charge in [-0.15, -0.1) is 0 Å². The fourth-order valence-electron chi connectivity index (χ4n) is 4.03. The highest BCUT2D eigenvalue weighted by Gasteiger charge is 2.34. The molecule has 0 bridgehead atoms. The quantitative estimate of drug-likeness (QED) is 0.738. The summed E-state index contributed by atoms with van der Waals surface area (Å²) >= 11 is 0. The molecule has 2 fully saturated rings. The van der Waals surface area contributed by atoms with Gasteiger partial charge in [0.2, 0.25) is 5.91 Å². The summed E-state index contributed by atoms with van der Waals surface area (Å²) in [6.07, 6.45) is 2.81. The highest BCUT2D eigenvalue weighted by molar-refractivity contribution is 7.91. The van der Waals surface area contributed by atoms with E-state index in [0.717, 1.165) is 30.8 Å². The third kappa shape index (κ3) is 5.45. The Morgan fingerprint density at radius 2 is 2.00 bits per heavy atom. The number of carbonyl (C=O) groups excluding carboxylic acids is 1. The second-order valence-electron chi connectivity index (χ2n) is 7.90. The van der Waals surface area contributed by atoms with E-state index < -0.39 is 9.84 Å². The van der Waals surface area contributed by atoms with Crippen molar-refractivity contribution in [1.29, 1.82) is 0 Å². The summed E-state index contributed by atoms with van der Waals surface area (Å²) in [6, 6.07) is 7.65. The summed E-state index contributed by atoms with van der Waals surface area (Å²) in [6.45, 7) is 4.64. The Bertz CT molecular complexity index is 748. The van der Waals surface area contributed by atoms with Crippen LogP contribution in [0.15, 0.2) is 24.3 Å². The molecule has 0 spiro atoms. The van der Waals surface area contributed by atoms with Crippen LogP contribution in [0.1, 0.15) is 31.7 Å². The van der Waals surface area contributed by atoms with E-state index >= 15 is 0 Å². The van der Waals surface area contributed by atoms with Gasteiger partial charge < -0.3 is 9.64 Å². The van der Waals surface area contributed by atoms with Crippen LogP contribution in [0, 0.1) is 5.92 Å². The highest BCUT2D eigenvalue weighted by atomic mass is 32.2. The molecule has 0 aromatic heterocycles. The molecule has 1 aromatic carbocycles. The largest absolute Gasteiger partial charge is 0.497 e. The number of benzene rings is 1. The van der Waals surface area contributed by atoms with Gasteiger partial charge in [0.25, 0.3) is 0 Å². The summed E-state index contributed by atoms with van der Waals surface area (Å²) in [4.78, 5) is 16.9. The number of piperidine rings is 1. The van der Waals surface area contributed by atoms with Crippen LogP contribution in [-0.4, -0.2) is 68.4 Å². The van der Waals surface area contributed by atoms with Crippen molar-refractivity contribution in [1.82, 2.24) is 9.80 Å². The van der Waals surface area contributed by atoms with E-state index in [1.54, 1.807) is 7.11 Å². The van der Waals surface area contributed by atoms with Crippen molar-refractivity contribution in [2.45, 2.75) is 38.8 Å². The van der Waals surface area contributed by atoms with Crippen molar-refractivity contribution in [3.05, 3.63) is 29.8 Å². The summed E-state index contributed by atoms with van der Waals surface area (Å²) in [5, 5.41) is 0. The van der Waals surface area contributed by atoms with Crippen molar-refractivity contribution in [3.8, 4) is 5.75 Å². The van der Waals surface area contributed by atoms with Gasteiger partial charge in [0.1, 0.15) is 5.75 Å². The topological polar surface area (TPSA) is 66.9 Å². The van der Waals surface area contributed by atoms with E-state index in [-0.39, 0.29) is 30.0 Å². The average Bonchev–Trinajstić information content (AvgIpc) is 3.01. The molecule has 3 rings (SSSR count). The number of likely N-dealkylation sites (tertiary alicyclic amines) is 1. The lowest BCUT2D eigenvalue weighted by atomic mass is 10.0. The summed E-state index contributed by atoms with van der Waals surface area (Å²) < 4.78 is 29.1. The molecule has 150 valence electrons. The average molecular weight is 395 g/mol. The third-order valence-corrected chi connectivity index (χ3v) is 7.37. The van der Waals surface area contributed by atoms with E-state index in [0.29, 0.717) is 18.9 Å². The molecule has 0 saturated carbocycles. The molecule has 2 aliphatic heterocycles. The molecular weight excluding hydrogens is 364 g/mol. The zero-order valence-electron chi connectivity index (χ0n) is 16.3. The Morgan fingerprint density at radius 1 is 1.26 bits per heavy atom. The van der Waals surface area contributed by atoms with Crippen LogP contribution in [0.3, 0.4) is 0 Å². The van der Waals surface area contributed by atoms with Crippen molar-refractivity contribution >= 4 is 15.7 Å². The van der Waals surface area contributed by atoms with E-state index in [1.165, 1.54) is 6.42 Å². The summed E-state index contributed by atoms with van der Waals surface area (Å²) in [5.41, 5.74) is 1.06. The maximum absolute atomic E-state index is 12.9. The Labute approximate surface area is 162 Å². The van der Waals surface area contributed by atoms with Crippen LogP contribution < -0.4 is 4.74 Å². The predicted molar refractivity (Wildman–Crippen MR) is 105 cm³/mol. The minimum atomic E-state index is -3.00. The summed E-state index contributed by atoms with van der Waals surface area (Å²) in [5.74, 6) is 1.79. The highest BCUT2D eigenvalue weighted by Crippen LogP contribution is 2.22. The van der Waals surface area contributed by atoms with Crippen LogP contribution in [-0.2, 0) is 21.2 Å². The number of hydrogen-bond acceptors (Lipinski definition) is 5. The Kier molecular flexibility index (Phi) is 6.42. The molecule has 2 saturated heterocycles. The van der Waals surface area contributed by atoms with Crippen LogP contribution in [0.4, 0.5) is 0 Å². The SMILES string of the molecule is COc1ccc(CN(CC(=O)N2CCCC(C)C2)C2CCS(=O)(=O)C2)cc1. The first kappa shape index (κ1) is 20.1. The van der Waals surface area contributed by atoms with Gasteiger partial charge in [-0.05, 0) is 42.9 Å². The molecule has 7 heteroatoms. The van der Waals surface area contributed by atoms with Crippen LogP contribution in [0.5, 0.6) is 5.75 Å². The molecular formula is C20H30N2O4S. The van der Waals surface area contributed by atoms with Gasteiger partial charge in [-0.3, -0.25) is 9.69 Å². The molecule has 2 aliphatic rings. The number of nitrogens with zero attached hydrogens (tertiary/aromatic N) is 2. The number of methoxy groups -OCH3 is 1. The fraction of sp³-hybridized carbons (Fsp3) is 0.650. The molecule has 0 aliphatic carbocycles. The normalized spacial score (nSPS) is 24.9. The lowest BCUT2D eigenvalue weighted by Gasteiger charge is -2.34. The first-order chi connectivity index (χ1) is 12.9. The monoisotopic (exact) mass is 394 g/mol. The second-order valence-corrected chi connectivity index (χ2v) is 10.1. The van der Waals surface area contributed by atoms with E-state index in [4.69, 9.17) is 4.74 Å². The first-order valence-electron chi connectivity index (χ1n) is 9.71. The summed E-state index contributed by atoms with van der Waals surface area (Å²) in [7, 11) is -1.37. The Morgan fingerprint density at radius 3 is 2.59 bits per heavy atom. The number of hydrogen-bond donors (Lipinski definition) is 0. The lowest BCUT2D eigenvalue weighted by Crippen LogP contribution is -2.47. The minimum absolute atomic E-state index is 0.0942. The molecule has 2 atom stereocenters. The maximum Gasteiger partial charge on any atom is 0.236 e. The van der Waals surface area contributed by atoms with Crippen LogP contribution >= 0.6 is 0 Å². The number of ether oxygens (including phenoxy) is 1. The first-order valence-corrected chi connectivity index (χ1v) is 11.5. The van der Waals surface area contributed by atoms with Gasteiger partial charge in [-0.2, -0.15) is 0 Å². The van der Waals surface area contributed by atoms with Crippen LogP contribution in [0.2, 0.25) is 0 Å². The maximum atomic E-state index is 12.9. The molecule has 0 radical (unpaired) electrons. The van der Waals surface area contributed by atoms with Crippen molar-refractivity contribution in [3.63, 3.8) is 0 Å².